The second-order valence-corrected chi connectivity index (χ2v) is 4.90. The molecule has 90 valence electrons. The Labute approximate surface area is 106 Å². The van der Waals surface area contributed by atoms with Crippen molar-refractivity contribution in [3.63, 3.8) is 0 Å². The minimum absolute atomic E-state index is 0.711. The number of thiazole rings is 1. The SMILES string of the molecule is NCCc1ccc(CNCc2cncs2)cc1. The van der Waals surface area contributed by atoms with Gasteiger partial charge in [0.15, 0.2) is 0 Å². The van der Waals surface area contributed by atoms with Crippen LogP contribution >= 0.6 is 11.3 Å². The molecule has 3 nitrogen and oxygen atoms in total. The van der Waals surface area contributed by atoms with Crippen molar-refractivity contribution in [2.45, 2.75) is 19.5 Å². The van der Waals surface area contributed by atoms with Crippen molar-refractivity contribution in [2.24, 2.45) is 5.73 Å². The molecular formula is C13H17N3S. The van der Waals surface area contributed by atoms with E-state index in [0.29, 0.717) is 6.54 Å². The topological polar surface area (TPSA) is 50.9 Å². The predicted molar refractivity (Wildman–Crippen MR) is 71.9 cm³/mol. The standard InChI is InChI=1S/C13H17N3S/c14-6-5-11-1-3-12(4-2-11)7-15-8-13-9-16-10-17-13/h1-4,9-10,15H,5-8,14H2. The molecule has 1 aromatic carbocycles. The van der Waals surface area contributed by atoms with Gasteiger partial charge in [-0.2, -0.15) is 0 Å². The molecule has 0 spiro atoms. The summed E-state index contributed by atoms with van der Waals surface area (Å²) >= 11 is 1.68. The summed E-state index contributed by atoms with van der Waals surface area (Å²) in [5, 5.41) is 3.40. The minimum Gasteiger partial charge on any atom is -0.330 e. The van der Waals surface area contributed by atoms with Crippen molar-refractivity contribution in [1.82, 2.24) is 10.3 Å². The molecule has 0 aliphatic carbocycles. The van der Waals surface area contributed by atoms with Crippen LogP contribution in [-0.4, -0.2) is 11.5 Å². The van der Waals surface area contributed by atoms with E-state index in [1.807, 2.05) is 11.7 Å². The Bertz CT molecular complexity index is 422. The number of benzene rings is 1. The van der Waals surface area contributed by atoms with Crippen LogP contribution in [0, 0.1) is 0 Å². The van der Waals surface area contributed by atoms with Gasteiger partial charge in [0, 0.05) is 24.2 Å². The number of hydrogen-bond acceptors (Lipinski definition) is 4. The zero-order chi connectivity index (χ0) is 11.9. The van der Waals surface area contributed by atoms with E-state index in [1.54, 1.807) is 11.3 Å². The molecule has 0 atom stereocenters. The van der Waals surface area contributed by atoms with Gasteiger partial charge in [-0.05, 0) is 24.1 Å². The molecule has 2 aromatic rings. The zero-order valence-electron chi connectivity index (χ0n) is 9.73. The summed E-state index contributed by atoms with van der Waals surface area (Å²) in [6, 6.07) is 8.61. The molecule has 4 heteroatoms. The summed E-state index contributed by atoms with van der Waals surface area (Å²) in [7, 11) is 0. The highest BCUT2D eigenvalue weighted by atomic mass is 32.1. The van der Waals surface area contributed by atoms with Gasteiger partial charge in [0.25, 0.3) is 0 Å². The fourth-order valence-corrected chi connectivity index (χ4v) is 2.21. The van der Waals surface area contributed by atoms with E-state index in [1.165, 1.54) is 16.0 Å². The van der Waals surface area contributed by atoms with Gasteiger partial charge in [0.2, 0.25) is 0 Å². The largest absolute Gasteiger partial charge is 0.330 e. The average Bonchev–Trinajstić information content (AvgIpc) is 2.85. The first kappa shape index (κ1) is 12.2. The summed E-state index contributed by atoms with van der Waals surface area (Å²) in [5.41, 5.74) is 9.98. The van der Waals surface area contributed by atoms with E-state index in [0.717, 1.165) is 19.5 Å². The molecular weight excluding hydrogens is 230 g/mol. The fraction of sp³-hybridized carbons (Fsp3) is 0.308. The van der Waals surface area contributed by atoms with Gasteiger partial charge in [-0.1, -0.05) is 24.3 Å². The van der Waals surface area contributed by atoms with E-state index in [-0.39, 0.29) is 0 Å². The van der Waals surface area contributed by atoms with Crippen LogP contribution in [0.5, 0.6) is 0 Å². The number of nitrogens with zero attached hydrogens (tertiary/aromatic N) is 1. The quantitative estimate of drug-likeness (QED) is 0.820. The Morgan fingerprint density at radius 1 is 1.12 bits per heavy atom. The van der Waals surface area contributed by atoms with Crippen molar-refractivity contribution in [2.75, 3.05) is 6.54 Å². The summed E-state index contributed by atoms with van der Waals surface area (Å²) in [4.78, 5) is 5.31. The number of aromatic nitrogens is 1. The van der Waals surface area contributed by atoms with Crippen molar-refractivity contribution < 1.29 is 0 Å². The van der Waals surface area contributed by atoms with E-state index >= 15 is 0 Å². The third kappa shape index (κ3) is 3.93. The van der Waals surface area contributed by atoms with Gasteiger partial charge in [-0.3, -0.25) is 4.98 Å². The van der Waals surface area contributed by atoms with Crippen molar-refractivity contribution >= 4 is 11.3 Å². The zero-order valence-corrected chi connectivity index (χ0v) is 10.5. The van der Waals surface area contributed by atoms with Gasteiger partial charge in [0.1, 0.15) is 0 Å². The van der Waals surface area contributed by atoms with Crippen LogP contribution in [0.3, 0.4) is 0 Å². The van der Waals surface area contributed by atoms with Crippen LogP contribution in [0.25, 0.3) is 0 Å². The second kappa shape index (κ2) is 6.49. The molecule has 0 bridgehead atoms. The molecule has 0 unspecified atom stereocenters. The average molecular weight is 247 g/mol. The third-order valence-corrected chi connectivity index (χ3v) is 3.35. The predicted octanol–water partition coefficient (Wildman–Crippen LogP) is 1.93. The monoisotopic (exact) mass is 247 g/mol. The molecule has 1 heterocycles. The molecule has 17 heavy (non-hydrogen) atoms. The molecule has 1 aromatic heterocycles. The number of rotatable bonds is 6. The molecule has 0 aliphatic heterocycles. The highest BCUT2D eigenvalue weighted by Gasteiger charge is 1.96. The van der Waals surface area contributed by atoms with Gasteiger partial charge in [0.05, 0.1) is 5.51 Å². The molecule has 0 aliphatic rings. The van der Waals surface area contributed by atoms with Gasteiger partial charge in [-0.15, -0.1) is 11.3 Å². The normalized spacial score (nSPS) is 10.6. The lowest BCUT2D eigenvalue weighted by Crippen LogP contribution is -2.11. The van der Waals surface area contributed by atoms with Crippen LogP contribution in [0.15, 0.2) is 36.0 Å². The van der Waals surface area contributed by atoms with Crippen LogP contribution in [0.1, 0.15) is 16.0 Å². The summed E-state index contributed by atoms with van der Waals surface area (Å²) in [6.45, 7) is 2.49. The molecule has 3 N–H and O–H groups in total. The van der Waals surface area contributed by atoms with E-state index in [9.17, 15) is 0 Å². The molecule has 2 rings (SSSR count). The van der Waals surface area contributed by atoms with E-state index in [2.05, 4.69) is 34.6 Å². The maximum Gasteiger partial charge on any atom is 0.0794 e. The van der Waals surface area contributed by atoms with Gasteiger partial charge >= 0.3 is 0 Å². The first-order valence-corrected chi connectivity index (χ1v) is 6.62. The van der Waals surface area contributed by atoms with Crippen LogP contribution in [0.2, 0.25) is 0 Å². The molecule has 0 saturated heterocycles. The molecule has 0 amide bonds. The lowest BCUT2D eigenvalue weighted by Gasteiger charge is -2.04. The lowest BCUT2D eigenvalue weighted by atomic mass is 10.1. The smallest absolute Gasteiger partial charge is 0.0794 e. The third-order valence-electron chi connectivity index (χ3n) is 2.57. The number of nitrogens with one attached hydrogen (secondary N) is 1. The van der Waals surface area contributed by atoms with Crippen LogP contribution in [-0.2, 0) is 19.5 Å². The second-order valence-electron chi connectivity index (χ2n) is 3.93. The Kier molecular flexibility index (Phi) is 4.67. The Morgan fingerprint density at radius 2 is 1.88 bits per heavy atom. The van der Waals surface area contributed by atoms with E-state index < -0.39 is 0 Å². The maximum absolute atomic E-state index is 5.52. The highest BCUT2D eigenvalue weighted by Crippen LogP contribution is 2.07. The first-order valence-electron chi connectivity index (χ1n) is 5.74. The summed E-state index contributed by atoms with van der Waals surface area (Å²) < 4.78 is 0. The van der Waals surface area contributed by atoms with E-state index in [4.69, 9.17) is 5.73 Å². The molecule has 0 saturated carbocycles. The fourth-order valence-electron chi connectivity index (χ4n) is 1.65. The number of nitrogens with two attached hydrogens (primary N) is 1. The first-order chi connectivity index (χ1) is 8.38. The highest BCUT2D eigenvalue weighted by molar-refractivity contribution is 7.09. The summed E-state index contributed by atoms with van der Waals surface area (Å²) in [6.07, 6.45) is 2.86. The molecule has 0 radical (unpaired) electrons. The van der Waals surface area contributed by atoms with Crippen LogP contribution in [0.4, 0.5) is 0 Å². The van der Waals surface area contributed by atoms with Crippen LogP contribution < -0.4 is 11.1 Å². The van der Waals surface area contributed by atoms with Crippen molar-refractivity contribution in [1.29, 1.82) is 0 Å². The van der Waals surface area contributed by atoms with Gasteiger partial charge < -0.3 is 11.1 Å². The minimum atomic E-state index is 0.711. The Balaban J connectivity index is 1.79. The Morgan fingerprint density at radius 3 is 2.53 bits per heavy atom. The number of hydrogen-bond donors (Lipinski definition) is 2. The van der Waals surface area contributed by atoms with Gasteiger partial charge in [-0.25, -0.2) is 0 Å². The Hall–Kier alpha value is -1.23. The van der Waals surface area contributed by atoms with Crippen molar-refractivity contribution in [3.05, 3.63) is 52.0 Å². The van der Waals surface area contributed by atoms with Crippen molar-refractivity contribution in [3.8, 4) is 0 Å². The molecule has 0 fully saturated rings. The summed E-state index contributed by atoms with van der Waals surface area (Å²) in [5.74, 6) is 0. The lowest BCUT2D eigenvalue weighted by molar-refractivity contribution is 0.699. The maximum atomic E-state index is 5.52.